The molecule has 122 valence electrons. The van der Waals surface area contributed by atoms with Crippen LogP contribution in [0.1, 0.15) is 42.1 Å². The third-order valence-electron chi connectivity index (χ3n) is 3.94. The van der Waals surface area contributed by atoms with Gasteiger partial charge in [0.25, 0.3) is 0 Å². The first-order valence-corrected chi connectivity index (χ1v) is 9.03. The van der Waals surface area contributed by atoms with Gasteiger partial charge in [0.15, 0.2) is 0 Å². The summed E-state index contributed by atoms with van der Waals surface area (Å²) in [5.41, 5.74) is 0.748. The summed E-state index contributed by atoms with van der Waals surface area (Å²) in [6, 6.07) is 4.74. The molecule has 1 saturated carbocycles. The number of sulfonamides is 1. The molecule has 1 fully saturated rings. The Morgan fingerprint density at radius 3 is 2.59 bits per heavy atom. The molecule has 22 heavy (non-hydrogen) atoms. The predicted molar refractivity (Wildman–Crippen MR) is 84.3 cm³/mol. The maximum atomic E-state index is 12.9. The molecule has 0 heterocycles. The Morgan fingerprint density at radius 2 is 2.05 bits per heavy atom. The zero-order chi connectivity index (χ0) is 16.3. The van der Waals surface area contributed by atoms with Gasteiger partial charge < -0.3 is 4.74 Å². The van der Waals surface area contributed by atoms with Gasteiger partial charge in [-0.15, -0.1) is 0 Å². The summed E-state index contributed by atoms with van der Waals surface area (Å²) in [5.74, 6) is -0.0378. The summed E-state index contributed by atoms with van der Waals surface area (Å²) >= 11 is 0. The molecule has 0 amide bonds. The van der Waals surface area contributed by atoms with Crippen LogP contribution in [0.25, 0.3) is 0 Å². The minimum atomic E-state index is -3.59. The maximum absolute atomic E-state index is 12.9. The minimum Gasteiger partial charge on any atom is -0.465 e. The van der Waals surface area contributed by atoms with E-state index in [0.29, 0.717) is 30.1 Å². The molecular formula is C16H23NO4S. The zero-order valence-corrected chi connectivity index (χ0v) is 14.1. The first-order chi connectivity index (χ1) is 10.4. The minimum absolute atomic E-state index is 0.199. The van der Waals surface area contributed by atoms with E-state index in [2.05, 4.69) is 0 Å². The number of rotatable bonds is 7. The normalized spacial score (nSPS) is 15.1. The Hall–Kier alpha value is -1.40. The van der Waals surface area contributed by atoms with E-state index in [0.717, 1.165) is 19.3 Å². The molecule has 1 aliphatic rings. The lowest BCUT2D eigenvalue weighted by molar-refractivity contribution is 0.0599. The lowest BCUT2D eigenvalue weighted by atomic mass is 10.1. The lowest BCUT2D eigenvalue weighted by Gasteiger charge is -2.23. The number of nitrogens with zero attached hydrogens (tertiary/aromatic N) is 1. The van der Waals surface area contributed by atoms with Crippen LogP contribution in [0.15, 0.2) is 23.1 Å². The molecule has 0 saturated heterocycles. The lowest BCUT2D eigenvalue weighted by Crippen LogP contribution is -2.34. The molecular weight excluding hydrogens is 302 g/mol. The third-order valence-corrected chi connectivity index (χ3v) is 5.95. The van der Waals surface area contributed by atoms with Crippen LogP contribution in [-0.4, -0.2) is 38.9 Å². The van der Waals surface area contributed by atoms with Gasteiger partial charge in [-0.2, -0.15) is 4.31 Å². The molecule has 1 aromatic carbocycles. The fraction of sp³-hybridized carbons (Fsp3) is 0.562. The van der Waals surface area contributed by atoms with Gasteiger partial charge in [0.05, 0.1) is 17.6 Å². The van der Waals surface area contributed by atoms with Crippen molar-refractivity contribution in [3.8, 4) is 0 Å². The van der Waals surface area contributed by atoms with Crippen LogP contribution in [0.4, 0.5) is 0 Å². The second-order valence-corrected chi connectivity index (χ2v) is 7.63. The highest BCUT2D eigenvalue weighted by Gasteiger charge is 2.32. The number of carbonyl (C=O) groups excluding carboxylic acids is 1. The van der Waals surface area contributed by atoms with Gasteiger partial charge in [-0.1, -0.05) is 13.0 Å². The second kappa shape index (κ2) is 6.79. The van der Waals surface area contributed by atoms with Crippen LogP contribution in [0.2, 0.25) is 0 Å². The fourth-order valence-electron chi connectivity index (χ4n) is 2.51. The van der Waals surface area contributed by atoms with Crippen LogP contribution < -0.4 is 0 Å². The van der Waals surface area contributed by atoms with E-state index >= 15 is 0 Å². The molecule has 0 bridgehead atoms. The molecule has 2 rings (SSSR count). The standard InChI is InChI=1S/C16H23NO4S/c1-4-10-17(11-13-8-9-13)22(19,20)15-7-5-6-14(12(15)2)16(18)21-3/h5-7,13H,4,8-11H2,1-3H3. The van der Waals surface area contributed by atoms with Crippen molar-refractivity contribution in [2.24, 2.45) is 5.92 Å². The summed E-state index contributed by atoms with van der Waals surface area (Å²) in [5, 5.41) is 0. The van der Waals surface area contributed by atoms with Gasteiger partial charge in [0, 0.05) is 13.1 Å². The summed E-state index contributed by atoms with van der Waals surface area (Å²) < 4.78 is 32.2. The number of hydrogen-bond acceptors (Lipinski definition) is 4. The van der Waals surface area contributed by atoms with Crippen molar-refractivity contribution in [3.05, 3.63) is 29.3 Å². The van der Waals surface area contributed by atoms with E-state index in [1.807, 2.05) is 6.92 Å². The van der Waals surface area contributed by atoms with Crippen LogP contribution >= 0.6 is 0 Å². The first kappa shape index (κ1) is 17.0. The van der Waals surface area contributed by atoms with E-state index in [1.54, 1.807) is 29.4 Å². The van der Waals surface area contributed by atoms with Crippen molar-refractivity contribution in [1.82, 2.24) is 4.31 Å². The van der Waals surface area contributed by atoms with Gasteiger partial charge >= 0.3 is 5.97 Å². The van der Waals surface area contributed by atoms with E-state index in [9.17, 15) is 13.2 Å². The molecule has 0 aliphatic heterocycles. The van der Waals surface area contributed by atoms with Crippen LogP contribution in [0.3, 0.4) is 0 Å². The Balaban J connectivity index is 2.40. The zero-order valence-electron chi connectivity index (χ0n) is 13.3. The Kier molecular flexibility index (Phi) is 5.24. The molecule has 0 unspecified atom stereocenters. The maximum Gasteiger partial charge on any atom is 0.338 e. The topological polar surface area (TPSA) is 63.7 Å². The monoisotopic (exact) mass is 325 g/mol. The van der Waals surface area contributed by atoms with E-state index in [4.69, 9.17) is 4.74 Å². The van der Waals surface area contributed by atoms with Crippen molar-refractivity contribution in [2.45, 2.75) is 38.0 Å². The summed E-state index contributed by atoms with van der Waals surface area (Å²) in [4.78, 5) is 12.0. The van der Waals surface area contributed by atoms with Crippen molar-refractivity contribution in [2.75, 3.05) is 20.2 Å². The number of carbonyl (C=O) groups is 1. The molecule has 0 aromatic heterocycles. The van der Waals surface area contributed by atoms with Crippen LogP contribution in [-0.2, 0) is 14.8 Å². The Morgan fingerprint density at radius 1 is 1.36 bits per heavy atom. The molecule has 0 spiro atoms. The molecule has 1 aliphatic carbocycles. The van der Waals surface area contributed by atoms with E-state index in [1.165, 1.54) is 7.11 Å². The van der Waals surface area contributed by atoms with Gasteiger partial charge in [-0.25, -0.2) is 13.2 Å². The van der Waals surface area contributed by atoms with Crippen molar-refractivity contribution in [1.29, 1.82) is 0 Å². The summed E-state index contributed by atoms with van der Waals surface area (Å²) in [6.45, 7) is 4.69. The van der Waals surface area contributed by atoms with E-state index in [-0.39, 0.29) is 4.90 Å². The molecule has 0 atom stereocenters. The van der Waals surface area contributed by atoms with Crippen LogP contribution in [0.5, 0.6) is 0 Å². The largest absolute Gasteiger partial charge is 0.465 e. The molecule has 5 nitrogen and oxygen atoms in total. The van der Waals surface area contributed by atoms with Crippen molar-refractivity contribution < 1.29 is 17.9 Å². The van der Waals surface area contributed by atoms with Crippen molar-refractivity contribution >= 4 is 16.0 Å². The Bertz CT molecular complexity index is 650. The highest BCUT2D eigenvalue weighted by Crippen LogP contribution is 2.32. The Labute approximate surface area is 132 Å². The number of benzene rings is 1. The van der Waals surface area contributed by atoms with E-state index < -0.39 is 16.0 Å². The average Bonchev–Trinajstić information content (AvgIpc) is 3.30. The summed E-state index contributed by atoms with van der Waals surface area (Å²) in [6.07, 6.45) is 2.95. The predicted octanol–water partition coefficient (Wildman–Crippen LogP) is 2.59. The second-order valence-electron chi connectivity index (χ2n) is 5.73. The van der Waals surface area contributed by atoms with Gasteiger partial charge in [0.2, 0.25) is 10.0 Å². The molecule has 6 heteroatoms. The molecule has 0 radical (unpaired) electrons. The number of ether oxygens (including phenoxy) is 1. The molecule has 0 N–H and O–H groups in total. The first-order valence-electron chi connectivity index (χ1n) is 7.59. The van der Waals surface area contributed by atoms with Gasteiger partial charge in [0.1, 0.15) is 0 Å². The number of methoxy groups -OCH3 is 1. The number of esters is 1. The highest BCUT2D eigenvalue weighted by molar-refractivity contribution is 7.89. The quantitative estimate of drug-likeness (QED) is 0.723. The fourth-order valence-corrected chi connectivity index (χ4v) is 4.37. The molecule has 1 aromatic rings. The van der Waals surface area contributed by atoms with Gasteiger partial charge in [-0.3, -0.25) is 0 Å². The van der Waals surface area contributed by atoms with Crippen molar-refractivity contribution in [3.63, 3.8) is 0 Å². The third kappa shape index (κ3) is 3.50. The highest BCUT2D eigenvalue weighted by atomic mass is 32.2. The van der Waals surface area contributed by atoms with Crippen LogP contribution in [0, 0.1) is 12.8 Å². The van der Waals surface area contributed by atoms with Gasteiger partial charge in [-0.05, 0) is 49.8 Å². The average molecular weight is 325 g/mol. The SMILES string of the molecule is CCCN(CC1CC1)S(=O)(=O)c1cccc(C(=O)OC)c1C. The number of hydrogen-bond donors (Lipinski definition) is 0. The summed E-state index contributed by atoms with van der Waals surface area (Å²) in [7, 11) is -2.30. The smallest absolute Gasteiger partial charge is 0.338 e.